The van der Waals surface area contributed by atoms with Gasteiger partial charge in [-0.05, 0) is 38.0 Å². The highest BCUT2D eigenvalue weighted by Gasteiger charge is 2.50. The lowest BCUT2D eigenvalue weighted by Crippen LogP contribution is -2.48. The second kappa shape index (κ2) is 7.05. The van der Waals surface area contributed by atoms with Crippen LogP contribution in [0.3, 0.4) is 0 Å². The van der Waals surface area contributed by atoms with Crippen molar-refractivity contribution < 1.29 is 14.3 Å². The van der Waals surface area contributed by atoms with Crippen molar-refractivity contribution in [3.8, 4) is 5.69 Å². The number of aromatic nitrogens is 2. The number of benzene rings is 1. The smallest absolute Gasteiger partial charge is 0.258 e. The average Bonchev–Trinajstić information content (AvgIpc) is 3.34. The largest absolute Gasteiger partial charge is 0.376 e. The van der Waals surface area contributed by atoms with Crippen molar-refractivity contribution in [3.05, 3.63) is 47.3 Å². The van der Waals surface area contributed by atoms with E-state index >= 15 is 0 Å². The van der Waals surface area contributed by atoms with Gasteiger partial charge in [-0.1, -0.05) is 12.1 Å². The van der Waals surface area contributed by atoms with Crippen LogP contribution in [-0.4, -0.2) is 70.3 Å². The highest BCUT2D eigenvalue weighted by Crippen LogP contribution is 2.36. The van der Waals surface area contributed by atoms with E-state index in [1.165, 1.54) is 0 Å². The van der Waals surface area contributed by atoms with Crippen LogP contribution in [0.2, 0.25) is 0 Å². The van der Waals surface area contributed by atoms with Gasteiger partial charge in [0.1, 0.15) is 6.04 Å². The third-order valence-corrected chi connectivity index (χ3v) is 5.77. The van der Waals surface area contributed by atoms with E-state index in [-0.39, 0.29) is 24.0 Å². The highest BCUT2D eigenvalue weighted by molar-refractivity contribution is 5.99. The number of hydrogen-bond acceptors (Lipinski definition) is 4. The number of hydrogen-bond donors (Lipinski definition) is 0. The third kappa shape index (κ3) is 2.99. The summed E-state index contributed by atoms with van der Waals surface area (Å²) in [4.78, 5) is 29.5. The molecule has 148 valence electrons. The number of ether oxygens (including phenoxy) is 1. The molecule has 1 aromatic carbocycles. The second-order valence-electron chi connectivity index (χ2n) is 7.86. The summed E-state index contributed by atoms with van der Waals surface area (Å²) >= 11 is 0. The fraction of sp³-hybridized carbons (Fsp3) is 0.476. The van der Waals surface area contributed by atoms with E-state index in [9.17, 15) is 9.59 Å². The number of amides is 2. The molecule has 4 rings (SSSR count). The van der Waals surface area contributed by atoms with Gasteiger partial charge in [-0.2, -0.15) is 5.10 Å². The predicted octanol–water partition coefficient (Wildman–Crippen LogP) is 1.95. The minimum Gasteiger partial charge on any atom is -0.376 e. The molecule has 0 N–H and O–H groups in total. The van der Waals surface area contributed by atoms with Crippen LogP contribution in [0.15, 0.2) is 30.5 Å². The SMILES string of the molecule is Cc1cccc(-n2ncc(C(=O)N3C(C(=O)N(C)C)C[C@@H]4OCC[C@@H]43)c2C)c1. The molecule has 0 saturated carbocycles. The molecule has 7 heteroatoms. The number of nitrogens with zero attached hydrogens (tertiary/aromatic N) is 4. The highest BCUT2D eigenvalue weighted by atomic mass is 16.5. The molecule has 0 spiro atoms. The lowest BCUT2D eigenvalue weighted by atomic mass is 10.1. The molecule has 2 aromatic rings. The van der Waals surface area contributed by atoms with E-state index in [1.54, 1.807) is 34.8 Å². The Kier molecular flexibility index (Phi) is 4.71. The maximum atomic E-state index is 13.5. The first-order valence-electron chi connectivity index (χ1n) is 9.65. The van der Waals surface area contributed by atoms with Crippen LogP contribution in [-0.2, 0) is 9.53 Å². The van der Waals surface area contributed by atoms with Crippen LogP contribution in [0, 0.1) is 13.8 Å². The van der Waals surface area contributed by atoms with Crippen molar-refractivity contribution in [2.24, 2.45) is 0 Å². The van der Waals surface area contributed by atoms with E-state index in [2.05, 4.69) is 5.10 Å². The molecule has 2 amide bonds. The third-order valence-electron chi connectivity index (χ3n) is 5.77. The minimum atomic E-state index is -0.487. The fourth-order valence-electron chi connectivity index (χ4n) is 4.33. The van der Waals surface area contributed by atoms with Gasteiger partial charge >= 0.3 is 0 Å². The van der Waals surface area contributed by atoms with Crippen molar-refractivity contribution >= 4 is 11.8 Å². The van der Waals surface area contributed by atoms with Crippen LogP contribution in [0.4, 0.5) is 0 Å². The Morgan fingerprint density at radius 3 is 2.75 bits per heavy atom. The van der Waals surface area contributed by atoms with E-state index < -0.39 is 6.04 Å². The molecule has 3 heterocycles. The van der Waals surface area contributed by atoms with Crippen LogP contribution < -0.4 is 0 Å². The molecule has 1 unspecified atom stereocenters. The van der Waals surface area contributed by atoms with Crippen LogP contribution in [0.25, 0.3) is 5.69 Å². The van der Waals surface area contributed by atoms with Gasteiger partial charge in [0.2, 0.25) is 5.91 Å². The Bertz CT molecular complexity index is 920. The predicted molar refractivity (Wildman–Crippen MR) is 104 cm³/mol. The van der Waals surface area contributed by atoms with E-state index in [0.717, 1.165) is 23.4 Å². The molecular formula is C21H26N4O3. The summed E-state index contributed by atoms with van der Waals surface area (Å²) in [7, 11) is 3.45. The van der Waals surface area contributed by atoms with Gasteiger partial charge < -0.3 is 14.5 Å². The van der Waals surface area contributed by atoms with Gasteiger partial charge in [-0.3, -0.25) is 9.59 Å². The lowest BCUT2D eigenvalue weighted by Gasteiger charge is -2.29. The molecule has 1 aromatic heterocycles. The minimum absolute atomic E-state index is 0.0527. The lowest BCUT2D eigenvalue weighted by molar-refractivity contribution is -0.133. The molecular weight excluding hydrogens is 356 g/mol. The number of carbonyl (C=O) groups is 2. The number of rotatable bonds is 3. The molecule has 28 heavy (non-hydrogen) atoms. The fourth-order valence-corrected chi connectivity index (χ4v) is 4.33. The number of fused-ring (bicyclic) bond motifs is 1. The first-order chi connectivity index (χ1) is 13.4. The molecule has 0 bridgehead atoms. The number of likely N-dealkylation sites (N-methyl/N-ethyl adjacent to an activating group) is 1. The number of carbonyl (C=O) groups excluding carboxylic acids is 2. The molecule has 2 saturated heterocycles. The van der Waals surface area contributed by atoms with Gasteiger partial charge in [0.05, 0.1) is 35.3 Å². The van der Waals surface area contributed by atoms with E-state index in [4.69, 9.17) is 4.74 Å². The zero-order chi connectivity index (χ0) is 20.0. The molecule has 2 fully saturated rings. The summed E-state index contributed by atoms with van der Waals surface area (Å²) < 4.78 is 7.57. The number of likely N-dealkylation sites (tertiary alicyclic amines) is 1. The summed E-state index contributed by atoms with van der Waals surface area (Å²) in [6, 6.07) is 7.46. The summed E-state index contributed by atoms with van der Waals surface area (Å²) in [6.07, 6.45) is 2.86. The normalized spacial score (nSPS) is 23.7. The maximum absolute atomic E-state index is 13.5. The Morgan fingerprint density at radius 2 is 2.04 bits per heavy atom. The van der Waals surface area contributed by atoms with Gasteiger partial charge in [-0.15, -0.1) is 0 Å². The second-order valence-corrected chi connectivity index (χ2v) is 7.86. The molecule has 2 aliphatic heterocycles. The first-order valence-corrected chi connectivity index (χ1v) is 9.65. The van der Waals surface area contributed by atoms with Crippen molar-refractivity contribution in [1.82, 2.24) is 19.6 Å². The van der Waals surface area contributed by atoms with Crippen LogP contribution >= 0.6 is 0 Å². The molecule has 0 radical (unpaired) electrons. The molecule has 0 aliphatic carbocycles. The van der Waals surface area contributed by atoms with Crippen molar-refractivity contribution in [2.45, 2.75) is 44.9 Å². The Hall–Kier alpha value is -2.67. The van der Waals surface area contributed by atoms with Crippen molar-refractivity contribution in [2.75, 3.05) is 20.7 Å². The zero-order valence-corrected chi connectivity index (χ0v) is 16.8. The summed E-state index contributed by atoms with van der Waals surface area (Å²) in [5.74, 6) is -0.204. The topological polar surface area (TPSA) is 67.7 Å². The average molecular weight is 382 g/mol. The standard InChI is InChI=1S/C21H26N4O3/c1-13-6-5-7-15(10-13)25-14(2)16(12-22-25)20(26)24-17-8-9-28-19(17)11-18(24)21(27)23(3)4/h5-7,10,12,17-19H,8-9,11H2,1-4H3/t17-,18?,19-/m0/s1. The van der Waals surface area contributed by atoms with E-state index in [1.807, 2.05) is 38.1 Å². The summed E-state index contributed by atoms with van der Waals surface area (Å²) in [5.41, 5.74) is 3.35. The zero-order valence-electron chi connectivity index (χ0n) is 16.8. The van der Waals surface area contributed by atoms with Gasteiger partial charge in [-0.25, -0.2) is 4.68 Å². The van der Waals surface area contributed by atoms with Crippen LogP contribution in [0.5, 0.6) is 0 Å². The Balaban J connectivity index is 1.69. The quantitative estimate of drug-likeness (QED) is 0.814. The maximum Gasteiger partial charge on any atom is 0.258 e. The van der Waals surface area contributed by atoms with Gasteiger partial charge in [0.25, 0.3) is 5.91 Å². The number of aryl methyl sites for hydroxylation is 1. The van der Waals surface area contributed by atoms with Gasteiger partial charge in [0, 0.05) is 27.1 Å². The Morgan fingerprint density at radius 1 is 1.25 bits per heavy atom. The summed E-state index contributed by atoms with van der Waals surface area (Å²) in [6.45, 7) is 4.55. The molecule has 3 atom stereocenters. The summed E-state index contributed by atoms with van der Waals surface area (Å²) in [5, 5.41) is 4.45. The monoisotopic (exact) mass is 382 g/mol. The van der Waals surface area contributed by atoms with Crippen LogP contribution in [0.1, 0.15) is 34.5 Å². The first kappa shape index (κ1) is 18.7. The molecule has 7 nitrogen and oxygen atoms in total. The van der Waals surface area contributed by atoms with Gasteiger partial charge in [0.15, 0.2) is 0 Å². The van der Waals surface area contributed by atoms with Crippen molar-refractivity contribution in [1.29, 1.82) is 0 Å². The van der Waals surface area contributed by atoms with Crippen molar-refractivity contribution in [3.63, 3.8) is 0 Å². The molecule has 2 aliphatic rings. The Labute approximate surface area is 164 Å². The van der Waals surface area contributed by atoms with E-state index in [0.29, 0.717) is 18.6 Å².